The quantitative estimate of drug-likeness (QED) is 0.356. The summed E-state index contributed by atoms with van der Waals surface area (Å²) in [4.78, 5) is 0. The third kappa shape index (κ3) is 3130. The molecule has 0 aliphatic rings. The first-order valence-corrected chi connectivity index (χ1v) is 2.10. The van der Waals surface area contributed by atoms with Crippen molar-refractivity contribution in [1.29, 1.82) is 0 Å². The molecule has 9 nitrogen and oxygen atoms in total. The van der Waals surface area contributed by atoms with E-state index in [4.69, 9.17) is 17.5 Å². The zero-order valence-electron chi connectivity index (χ0n) is 4.62. The van der Waals surface area contributed by atoms with E-state index in [-0.39, 0.29) is 27.4 Å². The fourth-order valence-electron chi connectivity index (χ4n) is 0. The standard InChI is InChI=1S/H2O4S.5H2O/c1-5(2,3)4;;;;;/h(H2,1,2,3,4);5*1H2. The highest BCUT2D eigenvalue weighted by molar-refractivity contribution is 7.79. The minimum Gasteiger partial charge on any atom is -0.412 e. The molecule has 0 rings (SSSR count). The van der Waals surface area contributed by atoms with Crippen molar-refractivity contribution in [2.24, 2.45) is 0 Å². The third-order valence-corrected chi connectivity index (χ3v) is 0. The second-order valence-electron chi connectivity index (χ2n) is 0.448. The van der Waals surface area contributed by atoms with Crippen molar-refractivity contribution in [3.63, 3.8) is 0 Å². The SMILES string of the molecule is O.O.O.O.O.O=S(=O)(O)O. The molecule has 0 unspecified atom stereocenters. The van der Waals surface area contributed by atoms with Crippen molar-refractivity contribution in [2.75, 3.05) is 0 Å². The van der Waals surface area contributed by atoms with E-state index >= 15 is 0 Å². The van der Waals surface area contributed by atoms with Crippen LogP contribution in [-0.2, 0) is 10.4 Å². The Labute approximate surface area is 56.4 Å². The molecule has 10 heteroatoms. The van der Waals surface area contributed by atoms with Crippen molar-refractivity contribution >= 4 is 10.4 Å². The van der Waals surface area contributed by atoms with Crippen LogP contribution in [0.2, 0.25) is 0 Å². The largest absolute Gasteiger partial charge is 0.412 e. The molecule has 0 aliphatic heterocycles. The van der Waals surface area contributed by atoms with Crippen LogP contribution >= 0.6 is 0 Å². The zero-order chi connectivity index (χ0) is 4.50. The van der Waals surface area contributed by atoms with Gasteiger partial charge in [-0.05, 0) is 0 Å². The van der Waals surface area contributed by atoms with Gasteiger partial charge in [-0.15, -0.1) is 0 Å². The van der Waals surface area contributed by atoms with E-state index in [1.807, 2.05) is 0 Å². The van der Waals surface area contributed by atoms with Crippen LogP contribution in [0.4, 0.5) is 0 Å². The smallest absolute Gasteiger partial charge is 0.394 e. The number of rotatable bonds is 0. The summed E-state index contributed by atoms with van der Waals surface area (Å²) in [5.74, 6) is 0. The van der Waals surface area contributed by atoms with E-state index in [0.29, 0.717) is 0 Å². The molecule has 0 atom stereocenters. The van der Waals surface area contributed by atoms with Gasteiger partial charge in [0.25, 0.3) is 0 Å². The molecule has 0 aromatic rings. The van der Waals surface area contributed by atoms with Crippen LogP contribution in [0.15, 0.2) is 0 Å². The first kappa shape index (κ1) is 54.0. The maximum absolute atomic E-state index is 8.74. The third-order valence-electron chi connectivity index (χ3n) is 0. The molecule has 0 heterocycles. The van der Waals surface area contributed by atoms with Gasteiger partial charge in [-0.1, -0.05) is 0 Å². The van der Waals surface area contributed by atoms with E-state index in [1.54, 1.807) is 0 Å². The summed E-state index contributed by atoms with van der Waals surface area (Å²) < 4.78 is 31.6. The van der Waals surface area contributed by atoms with E-state index in [2.05, 4.69) is 0 Å². The number of hydrogen-bond acceptors (Lipinski definition) is 2. The van der Waals surface area contributed by atoms with Crippen molar-refractivity contribution in [3.05, 3.63) is 0 Å². The summed E-state index contributed by atoms with van der Waals surface area (Å²) in [6, 6.07) is 0. The van der Waals surface area contributed by atoms with Crippen molar-refractivity contribution in [2.45, 2.75) is 0 Å². The first-order valence-electron chi connectivity index (χ1n) is 0.698. The molecule has 0 amide bonds. The van der Waals surface area contributed by atoms with Crippen LogP contribution in [0, 0.1) is 0 Å². The van der Waals surface area contributed by atoms with Gasteiger partial charge in [0, 0.05) is 0 Å². The Hall–Kier alpha value is -0.330. The lowest BCUT2D eigenvalue weighted by molar-refractivity contribution is 0.381. The molecule has 72 valence electrons. The Morgan fingerprint density at radius 3 is 0.700 bits per heavy atom. The molecule has 0 aliphatic carbocycles. The maximum atomic E-state index is 8.74. The van der Waals surface area contributed by atoms with Crippen LogP contribution in [0.3, 0.4) is 0 Å². The highest BCUT2D eigenvalue weighted by Gasteiger charge is 1.84. The van der Waals surface area contributed by atoms with Gasteiger partial charge in [-0.25, -0.2) is 0 Å². The molecule has 0 radical (unpaired) electrons. The van der Waals surface area contributed by atoms with Crippen molar-refractivity contribution < 1.29 is 44.9 Å². The molecule has 12 N–H and O–H groups in total. The normalized spacial score (nSPS) is 5.80. The second kappa shape index (κ2) is 15.9. The molecule has 10 heavy (non-hydrogen) atoms. The average molecular weight is 188 g/mol. The summed E-state index contributed by atoms with van der Waals surface area (Å²) in [6.07, 6.45) is 0. The summed E-state index contributed by atoms with van der Waals surface area (Å²) in [5.41, 5.74) is 0. The molecule has 0 spiro atoms. The topological polar surface area (TPSA) is 232 Å². The van der Waals surface area contributed by atoms with E-state index in [0.717, 1.165) is 0 Å². The Kier molecular flexibility index (Phi) is 85.6. The van der Waals surface area contributed by atoms with Gasteiger partial charge < -0.3 is 27.4 Å². The fraction of sp³-hybridized carbons (Fsp3) is 0. The predicted octanol–water partition coefficient (Wildman–Crippen LogP) is -4.78. The monoisotopic (exact) mass is 188 g/mol. The van der Waals surface area contributed by atoms with Crippen molar-refractivity contribution in [1.82, 2.24) is 0 Å². The highest BCUT2D eigenvalue weighted by Crippen LogP contribution is 1.59. The lowest BCUT2D eigenvalue weighted by Gasteiger charge is -1.68. The Bertz CT molecular complexity index is 87.9. The van der Waals surface area contributed by atoms with Crippen LogP contribution in [0.1, 0.15) is 0 Å². The first-order chi connectivity index (χ1) is 2.00. The van der Waals surface area contributed by atoms with Gasteiger partial charge in [-0.2, -0.15) is 8.42 Å². The fourth-order valence-corrected chi connectivity index (χ4v) is 0. The molecule has 0 aromatic carbocycles. The molecule has 0 saturated heterocycles. The number of hydrogen-bond donors (Lipinski definition) is 2. The molecule has 0 aromatic heterocycles. The zero-order valence-corrected chi connectivity index (χ0v) is 5.44. The second-order valence-corrected chi connectivity index (χ2v) is 1.34. The van der Waals surface area contributed by atoms with Gasteiger partial charge >= 0.3 is 10.4 Å². The molecular formula is H12O9S. The summed E-state index contributed by atoms with van der Waals surface area (Å²) in [6.45, 7) is 0. The maximum Gasteiger partial charge on any atom is 0.394 e. The molecule has 0 bridgehead atoms. The molecular weight excluding hydrogens is 176 g/mol. The van der Waals surface area contributed by atoms with Crippen LogP contribution < -0.4 is 0 Å². The Balaban J connectivity index is -0.00000000800. The lowest BCUT2D eigenvalue weighted by Crippen LogP contribution is -1.89. The van der Waals surface area contributed by atoms with E-state index < -0.39 is 10.4 Å². The predicted molar refractivity (Wildman–Crippen MR) is 32.2 cm³/mol. The van der Waals surface area contributed by atoms with Gasteiger partial charge in [0.1, 0.15) is 0 Å². The van der Waals surface area contributed by atoms with Crippen LogP contribution in [0.25, 0.3) is 0 Å². The highest BCUT2D eigenvalue weighted by atomic mass is 32.3. The van der Waals surface area contributed by atoms with Crippen molar-refractivity contribution in [3.8, 4) is 0 Å². The Morgan fingerprint density at radius 1 is 0.700 bits per heavy atom. The summed E-state index contributed by atoms with van der Waals surface area (Å²) in [7, 11) is -4.67. The summed E-state index contributed by atoms with van der Waals surface area (Å²) >= 11 is 0. The van der Waals surface area contributed by atoms with Gasteiger partial charge in [0.15, 0.2) is 0 Å². The Morgan fingerprint density at radius 2 is 0.700 bits per heavy atom. The summed E-state index contributed by atoms with van der Waals surface area (Å²) in [5, 5.41) is 0. The van der Waals surface area contributed by atoms with E-state index in [9.17, 15) is 0 Å². The minimum absolute atomic E-state index is 0. The van der Waals surface area contributed by atoms with Gasteiger partial charge in [0.2, 0.25) is 0 Å². The minimum atomic E-state index is -4.67. The van der Waals surface area contributed by atoms with Crippen LogP contribution in [-0.4, -0.2) is 44.9 Å². The average Bonchev–Trinajstić information content (AvgIpc) is 0.722. The molecule has 0 fully saturated rings. The van der Waals surface area contributed by atoms with E-state index in [1.165, 1.54) is 0 Å². The van der Waals surface area contributed by atoms with Crippen LogP contribution in [0.5, 0.6) is 0 Å². The lowest BCUT2D eigenvalue weighted by atomic mass is 15.8. The van der Waals surface area contributed by atoms with Gasteiger partial charge in [-0.3, -0.25) is 9.11 Å². The van der Waals surface area contributed by atoms with Gasteiger partial charge in [0.05, 0.1) is 0 Å². The molecule has 0 saturated carbocycles.